The van der Waals surface area contributed by atoms with Crippen molar-refractivity contribution >= 4 is 21.9 Å². The number of nitrogens with zero attached hydrogens (tertiary/aromatic N) is 1. The summed E-state index contributed by atoms with van der Waals surface area (Å²) in [6.07, 6.45) is 0. The van der Waals surface area contributed by atoms with Crippen LogP contribution < -0.4 is 20.7 Å². The average molecular weight is 487 g/mol. The maximum Gasteiger partial charge on any atom is 0.345 e. The van der Waals surface area contributed by atoms with Gasteiger partial charge in [-0.2, -0.15) is 0 Å². The Kier molecular flexibility index (Phi) is 4.69. The largest absolute Gasteiger partial charge is 0.454 e. The number of pyridine rings is 1. The van der Waals surface area contributed by atoms with Crippen LogP contribution in [0.1, 0.15) is 0 Å². The molecule has 7 nitrogen and oxygen atoms in total. The van der Waals surface area contributed by atoms with Crippen LogP contribution in [0.4, 0.5) is 0 Å². The Bertz CT molecular complexity index is 1860. The minimum Gasteiger partial charge on any atom is -0.454 e. The number of hydrogen-bond donors (Lipinski definition) is 0. The fourth-order valence-corrected chi connectivity index (χ4v) is 4.53. The van der Waals surface area contributed by atoms with Crippen molar-refractivity contribution in [2.75, 3.05) is 6.79 Å². The van der Waals surface area contributed by atoms with Gasteiger partial charge in [-0.05, 0) is 59.7 Å². The number of fused-ring (bicyclic) bond motifs is 3. The Morgan fingerprint density at radius 3 is 1.76 bits per heavy atom. The van der Waals surface area contributed by atoms with E-state index in [9.17, 15) is 9.59 Å². The highest BCUT2D eigenvalue weighted by atomic mass is 16.7. The van der Waals surface area contributed by atoms with Crippen molar-refractivity contribution in [3.8, 4) is 45.1 Å². The highest BCUT2D eigenvalue weighted by Gasteiger charge is 2.18. The van der Waals surface area contributed by atoms with Gasteiger partial charge in [0.05, 0.1) is 22.5 Å². The minimum absolute atomic E-state index is 0.155. The summed E-state index contributed by atoms with van der Waals surface area (Å²) in [5.74, 6) is 1.27. The number of rotatable bonds is 3. The lowest BCUT2D eigenvalue weighted by Gasteiger charge is -2.10. The van der Waals surface area contributed by atoms with Crippen LogP contribution in [0.15, 0.2) is 109 Å². The topological polar surface area (TPSA) is 91.8 Å². The molecule has 0 unspecified atom stereocenters. The van der Waals surface area contributed by atoms with Gasteiger partial charge < -0.3 is 18.3 Å². The van der Waals surface area contributed by atoms with Crippen LogP contribution in [0, 0.1) is 0 Å². The zero-order chi connectivity index (χ0) is 24.9. The van der Waals surface area contributed by atoms with Crippen LogP contribution in [0.5, 0.6) is 11.5 Å². The molecule has 3 aromatic heterocycles. The molecule has 1 aliphatic rings. The Balaban J connectivity index is 1.49. The van der Waals surface area contributed by atoms with Gasteiger partial charge in [0.25, 0.3) is 0 Å². The fraction of sp³-hybridized carbons (Fsp3) is 0.0333. The van der Waals surface area contributed by atoms with E-state index in [1.807, 2.05) is 42.5 Å². The van der Waals surface area contributed by atoms with Gasteiger partial charge >= 0.3 is 11.3 Å². The summed E-state index contributed by atoms with van der Waals surface area (Å²) < 4.78 is 22.1. The first-order valence-corrected chi connectivity index (χ1v) is 11.6. The van der Waals surface area contributed by atoms with Crippen LogP contribution >= 0.6 is 0 Å². The molecule has 0 amide bonds. The lowest BCUT2D eigenvalue weighted by atomic mass is 10.00. The highest BCUT2D eigenvalue weighted by molar-refractivity contribution is 5.85. The van der Waals surface area contributed by atoms with E-state index in [1.165, 1.54) is 0 Å². The molecule has 0 saturated carbocycles. The van der Waals surface area contributed by atoms with E-state index >= 15 is 0 Å². The third-order valence-electron chi connectivity index (χ3n) is 6.37. The first-order chi connectivity index (χ1) is 18.1. The van der Waals surface area contributed by atoms with Crippen molar-refractivity contribution in [2.24, 2.45) is 0 Å². The maximum atomic E-state index is 13.0. The predicted molar refractivity (Wildman–Crippen MR) is 139 cm³/mol. The SMILES string of the molecule is O=c1oc2ccccc2cc1-c1cc(-c2ccc3c(c2)OCO3)cc(-c2cc3ccccc3oc2=O)n1. The van der Waals surface area contributed by atoms with Gasteiger partial charge in [0.2, 0.25) is 6.79 Å². The van der Waals surface area contributed by atoms with Crippen LogP contribution in [-0.4, -0.2) is 11.8 Å². The molecule has 0 atom stereocenters. The zero-order valence-electron chi connectivity index (χ0n) is 19.3. The monoisotopic (exact) mass is 487 g/mol. The summed E-state index contributed by atoms with van der Waals surface area (Å²) >= 11 is 0. The molecule has 4 heterocycles. The lowest BCUT2D eigenvalue weighted by Crippen LogP contribution is -2.07. The van der Waals surface area contributed by atoms with Crippen LogP contribution in [-0.2, 0) is 0 Å². The number of ether oxygens (including phenoxy) is 2. The molecule has 0 bridgehead atoms. The van der Waals surface area contributed by atoms with E-state index in [0.29, 0.717) is 34.1 Å². The normalized spacial score (nSPS) is 12.3. The Morgan fingerprint density at radius 1 is 0.568 bits per heavy atom. The maximum absolute atomic E-state index is 13.0. The van der Waals surface area contributed by atoms with Gasteiger partial charge in [-0.25, -0.2) is 14.6 Å². The number of hydrogen-bond acceptors (Lipinski definition) is 7. The molecular formula is C30H17NO6. The third kappa shape index (κ3) is 3.65. The van der Waals surface area contributed by atoms with Crippen molar-refractivity contribution in [1.29, 1.82) is 0 Å². The molecule has 7 heteroatoms. The molecule has 0 saturated heterocycles. The van der Waals surface area contributed by atoms with Gasteiger partial charge in [-0.1, -0.05) is 42.5 Å². The second-order valence-electron chi connectivity index (χ2n) is 8.67. The molecule has 7 rings (SSSR count). The van der Waals surface area contributed by atoms with E-state index < -0.39 is 11.3 Å². The van der Waals surface area contributed by atoms with E-state index in [-0.39, 0.29) is 17.9 Å². The molecule has 3 aromatic carbocycles. The van der Waals surface area contributed by atoms with Crippen molar-refractivity contribution in [2.45, 2.75) is 0 Å². The van der Waals surface area contributed by atoms with Crippen LogP contribution in [0.3, 0.4) is 0 Å². The first kappa shape index (κ1) is 21.1. The Labute approximate surface area is 209 Å². The molecular weight excluding hydrogens is 470 g/mol. The lowest BCUT2D eigenvalue weighted by molar-refractivity contribution is 0.174. The summed E-state index contributed by atoms with van der Waals surface area (Å²) in [6.45, 7) is 0.155. The smallest absolute Gasteiger partial charge is 0.345 e. The molecule has 178 valence electrons. The van der Waals surface area contributed by atoms with Gasteiger partial charge in [-0.3, -0.25) is 0 Å². The third-order valence-corrected chi connectivity index (χ3v) is 6.37. The first-order valence-electron chi connectivity index (χ1n) is 11.6. The quantitative estimate of drug-likeness (QED) is 0.282. The molecule has 37 heavy (non-hydrogen) atoms. The van der Waals surface area contributed by atoms with Gasteiger partial charge in [0.1, 0.15) is 11.2 Å². The molecule has 0 N–H and O–H groups in total. The summed E-state index contributed by atoms with van der Waals surface area (Å²) in [5, 5.41) is 1.53. The molecule has 0 fully saturated rings. The Morgan fingerprint density at radius 2 is 1.14 bits per heavy atom. The summed E-state index contributed by atoms with van der Waals surface area (Å²) in [5.41, 5.74) is 2.78. The summed E-state index contributed by atoms with van der Waals surface area (Å²) in [4.78, 5) is 30.7. The second kappa shape index (κ2) is 8.20. The average Bonchev–Trinajstić information content (AvgIpc) is 3.40. The van der Waals surface area contributed by atoms with Gasteiger partial charge in [-0.15, -0.1) is 0 Å². The number of aromatic nitrogens is 1. The van der Waals surface area contributed by atoms with Crippen molar-refractivity contribution < 1.29 is 18.3 Å². The van der Waals surface area contributed by atoms with Crippen LogP contribution in [0.25, 0.3) is 55.6 Å². The highest BCUT2D eigenvalue weighted by Crippen LogP contribution is 2.37. The fourth-order valence-electron chi connectivity index (χ4n) is 4.53. The number of benzene rings is 3. The van der Waals surface area contributed by atoms with E-state index in [1.54, 1.807) is 48.5 Å². The van der Waals surface area contributed by atoms with E-state index in [2.05, 4.69) is 0 Å². The molecule has 1 aliphatic heterocycles. The second-order valence-corrected chi connectivity index (χ2v) is 8.67. The summed E-state index contributed by atoms with van der Waals surface area (Å²) in [7, 11) is 0. The Hall–Kier alpha value is -5.17. The molecule has 0 aliphatic carbocycles. The minimum atomic E-state index is -0.523. The molecule has 0 radical (unpaired) electrons. The van der Waals surface area contributed by atoms with E-state index in [4.69, 9.17) is 23.3 Å². The molecule has 0 spiro atoms. The number of para-hydroxylation sites is 2. The van der Waals surface area contributed by atoms with Crippen molar-refractivity contribution in [3.63, 3.8) is 0 Å². The van der Waals surface area contributed by atoms with Crippen molar-refractivity contribution in [1.82, 2.24) is 4.98 Å². The van der Waals surface area contributed by atoms with Crippen molar-refractivity contribution in [3.05, 3.63) is 112 Å². The standard InChI is InChI=1S/C30H17NO6/c32-29-21(11-18-5-1-3-7-25(18)36-29)23-13-20(17-9-10-27-28(15-17)35-16-34-27)14-24(31-23)22-12-19-6-2-4-8-26(19)37-30(22)33/h1-15H,16H2. The predicted octanol–water partition coefficient (Wildman–Crippen LogP) is 6.02. The van der Waals surface area contributed by atoms with Gasteiger partial charge in [0, 0.05) is 10.8 Å². The van der Waals surface area contributed by atoms with E-state index in [0.717, 1.165) is 21.9 Å². The zero-order valence-corrected chi connectivity index (χ0v) is 19.3. The van der Waals surface area contributed by atoms with Gasteiger partial charge in [0.15, 0.2) is 11.5 Å². The summed E-state index contributed by atoms with van der Waals surface area (Å²) in [6, 6.07) is 27.2. The van der Waals surface area contributed by atoms with Crippen LogP contribution in [0.2, 0.25) is 0 Å². The molecule has 6 aromatic rings.